The molecule has 8 N–H and O–H groups in total. The highest BCUT2D eigenvalue weighted by atomic mass is 16.4. The van der Waals surface area contributed by atoms with Crippen molar-refractivity contribution in [1.82, 2.24) is 0 Å². The second-order valence-electron chi connectivity index (χ2n) is 5.86. The first-order valence-electron chi connectivity index (χ1n) is 6.90. The summed E-state index contributed by atoms with van der Waals surface area (Å²) in [6.07, 6.45) is 0. The van der Waals surface area contributed by atoms with Crippen LogP contribution in [-0.4, -0.2) is 88.6 Å². The molecule has 2 unspecified atom stereocenters. The molecule has 1 aliphatic rings. The maximum atomic E-state index is 11.9. The summed E-state index contributed by atoms with van der Waals surface area (Å²) in [6, 6.07) is 0. The fourth-order valence-electron chi connectivity index (χ4n) is 4.00. The second-order valence-corrected chi connectivity index (χ2v) is 5.86. The van der Waals surface area contributed by atoms with Gasteiger partial charge in [-0.1, -0.05) is 0 Å². The fourth-order valence-corrected chi connectivity index (χ4v) is 4.00. The number of rotatable bonds is 8. The van der Waals surface area contributed by atoms with E-state index in [4.69, 9.17) is 0 Å². The van der Waals surface area contributed by atoms with E-state index < -0.39 is 75.8 Å². The first-order valence-corrected chi connectivity index (χ1v) is 6.90. The van der Waals surface area contributed by atoms with E-state index in [-0.39, 0.29) is 0 Å². The van der Waals surface area contributed by atoms with Crippen LogP contribution in [0.3, 0.4) is 0 Å². The predicted molar refractivity (Wildman–Crippen MR) is 75.4 cm³/mol. The lowest BCUT2D eigenvalue weighted by molar-refractivity contribution is -0.201. The van der Waals surface area contributed by atoms with Gasteiger partial charge in [-0.25, -0.2) is 0 Å². The highest BCUT2D eigenvalue weighted by Crippen LogP contribution is 2.68. The van der Waals surface area contributed by atoms with Crippen LogP contribution < -0.4 is 0 Å². The Morgan fingerprint density at radius 1 is 0.414 bits per heavy atom. The Bertz CT molecular complexity index is 779. The van der Waals surface area contributed by atoms with Gasteiger partial charge in [0.05, 0.1) is 0 Å². The SMILES string of the molecule is O=C(O)C1C(C(=O)O)(C(=O)O)C(C(=O)O)C(C(=O)O)(C(=O)O)C1(C(=O)O)C(=O)O. The first-order chi connectivity index (χ1) is 13.0. The molecule has 16 heteroatoms. The van der Waals surface area contributed by atoms with E-state index in [1.54, 1.807) is 0 Å². The van der Waals surface area contributed by atoms with Crippen LogP contribution in [-0.2, 0) is 38.4 Å². The third-order valence-corrected chi connectivity index (χ3v) is 4.95. The molecule has 1 rings (SSSR count). The molecule has 158 valence electrons. The molecule has 0 heterocycles. The zero-order valence-corrected chi connectivity index (χ0v) is 13.5. The average molecular weight is 422 g/mol. The van der Waals surface area contributed by atoms with E-state index in [0.717, 1.165) is 0 Å². The lowest BCUT2D eigenvalue weighted by Crippen LogP contribution is -2.64. The molecule has 0 bridgehead atoms. The highest BCUT2D eigenvalue weighted by Gasteiger charge is 2.94. The normalized spacial score (nSPS) is 23.4. The van der Waals surface area contributed by atoms with Gasteiger partial charge in [0.15, 0.2) is 5.41 Å². The molecule has 29 heavy (non-hydrogen) atoms. The molecular weight excluding hydrogens is 412 g/mol. The molecule has 0 spiro atoms. The predicted octanol–water partition coefficient (Wildman–Crippen LogP) is -3.13. The third-order valence-electron chi connectivity index (χ3n) is 4.95. The summed E-state index contributed by atoms with van der Waals surface area (Å²) >= 11 is 0. The summed E-state index contributed by atoms with van der Waals surface area (Å²) < 4.78 is 0. The van der Waals surface area contributed by atoms with Crippen molar-refractivity contribution >= 4 is 47.8 Å². The van der Waals surface area contributed by atoms with Crippen molar-refractivity contribution in [1.29, 1.82) is 0 Å². The molecule has 0 aliphatic heterocycles. The molecule has 0 saturated heterocycles. The zero-order chi connectivity index (χ0) is 23.3. The minimum absolute atomic E-state index is 2.88. The van der Waals surface area contributed by atoms with Crippen molar-refractivity contribution in [2.45, 2.75) is 0 Å². The summed E-state index contributed by atoms with van der Waals surface area (Å²) in [5, 5.41) is 75.2. The Morgan fingerprint density at radius 2 is 0.621 bits per heavy atom. The number of hydrogen-bond donors (Lipinski definition) is 8. The van der Waals surface area contributed by atoms with E-state index in [0.29, 0.717) is 0 Å². The van der Waals surface area contributed by atoms with Gasteiger partial charge in [0.25, 0.3) is 0 Å². The Hall–Kier alpha value is -4.24. The van der Waals surface area contributed by atoms with E-state index in [1.165, 1.54) is 0 Å². The van der Waals surface area contributed by atoms with Crippen LogP contribution >= 0.6 is 0 Å². The lowest BCUT2D eigenvalue weighted by atomic mass is 9.59. The Morgan fingerprint density at radius 3 is 0.724 bits per heavy atom. The van der Waals surface area contributed by atoms with Gasteiger partial charge >= 0.3 is 47.8 Å². The van der Waals surface area contributed by atoms with Crippen LogP contribution in [0.5, 0.6) is 0 Å². The van der Waals surface area contributed by atoms with Crippen LogP contribution in [0.2, 0.25) is 0 Å². The van der Waals surface area contributed by atoms with Crippen molar-refractivity contribution in [2.75, 3.05) is 0 Å². The van der Waals surface area contributed by atoms with Gasteiger partial charge in [0.2, 0.25) is 10.8 Å². The zero-order valence-electron chi connectivity index (χ0n) is 13.5. The maximum Gasteiger partial charge on any atom is 0.323 e. The van der Waals surface area contributed by atoms with E-state index in [1.807, 2.05) is 0 Å². The molecule has 1 aliphatic carbocycles. The smallest absolute Gasteiger partial charge is 0.323 e. The summed E-state index contributed by atoms with van der Waals surface area (Å²) in [7, 11) is 0. The van der Waals surface area contributed by atoms with Crippen LogP contribution in [0.15, 0.2) is 0 Å². The number of carboxylic acids is 8. The molecule has 0 amide bonds. The van der Waals surface area contributed by atoms with Crippen LogP contribution in [0.4, 0.5) is 0 Å². The monoisotopic (exact) mass is 422 g/mol. The Kier molecular flexibility index (Phi) is 5.05. The van der Waals surface area contributed by atoms with Crippen LogP contribution in [0, 0.1) is 28.1 Å². The molecule has 0 radical (unpaired) electrons. The molecule has 0 aromatic carbocycles. The minimum Gasteiger partial charge on any atom is -0.481 e. The van der Waals surface area contributed by atoms with Crippen LogP contribution in [0.1, 0.15) is 0 Å². The van der Waals surface area contributed by atoms with Gasteiger partial charge in [0, 0.05) is 0 Å². The topological polar surface area (TPSA) is 298 Å². The summed E-state index contributed by atoms with van der Waals surface area (Å²) in [6.45, 7) is 0. The van der Waals surface area contributed by atoms with Crippen molar-refractivity contribution < 1.29 is 79.2 Å². The van der Waals surface area contributed by atoms with Gasteiger partial charge in [-0.15, -0.1) is 0 Å². The number of aliphatic carboxylic acids is 8. The van der Waals surface area contributed by atoms with Gasteiger partial charge in [-0.3, -0.25) is 38.4 Å². The molecule has 2 atom stereocenters. The van der Waals surface area contributed by atoms with Crippen molar-refractivity contribution in [3.8, 4) is 0 Å². The van der Waals surface area contributed by atoms with Crippen LogP contribution in [0.25, 0.3) is 0 Å². The molecule has 1 saturated carbocycles. The molecule has 1 fully saturated rings. The van der Waals surface area contributed by atoms with Crippen molar-refractivity contribution in [2.24, 2.45) is 28.1 Å². The highest BCUT2D eigenvalue weighted by molar-refractivity contribution is 6.23. The quantitative estimate of drug-likeness (QED) is 0.179. The van der Waals surface area contributed by atoms with Gasteiger partial charge in [0.1, 0.15) is 11.8 Å². The fraction of sp³-hybridized carbons (Fsp3) is 0.385. The van der Waals surface area contributed by atoms with E-state index in [2.05, 4.69) is 0 Å². The molecular formula is C13H10O16. The lowest BCUT2D eigenvalue weighted by Gasteiger charge is -2.35. The minimum atomic E-state index is -4.77. The van der Waals surface area contributed by atoms with Crippen molar-refractivity contribution in [3.05, 3.63) is 0 Å². The summed E-state index contributed by atoms with van der Waals surface area (Å²) in [5.41, 5.74) is -14.1. The number of hydrogen-bond acceptors (Lipinski definition) is 8. The van der Waals surface area contributed by atoms with E-state index >= 15 is 0 Å². The van der Waals surface area contributed by atoms with Crippen molar-refractivity contribution in [3.63, 3.8) is 0 Å². The number of carbonyl (C=O) groups is 8. The largest absolute Gasteiger partial charge is 0.481 e. The molecule has 0 aromatic rings. The maximum absolute atomic E-state index is 11.9. The van der Waals surface area contributed by atoms with Gasteiger partial charge in [-0.2, -0.15) is 0 Å². The second kappa shape index (κ2) is 6.43. The first kappa shape index (κ1) is 22.8. The Labute approximate surface area is 156 Å². The summed E-state index contributed by atoms with van der Waals surface area (Å²) in [4.78, 5) is 94.4. The standard InChI is InChI=1S/C13H10O16/c14-3(15)1-11(5(18)19,6(20)21)2(4(16)17)13(9(26)27,10(28)29)12(1,7(22)23)8(24)25/h1-2H,(H,14,15)(H,16,17)(H,18,19)(H,20,21)(H,22,23)(H,24,25)(H,26,27)(H,28,29). The number of carboxylic acid groups (broad SMARTS) is 8. The molecule has 0 aromatic heterocycles. The third kappa shape index (κ3) is 2.13. The average Bonchev–Trinajstić information content (AvgIpc) is 2.81. The van der Waals surface area contributed by atoms with E-state index in [9.17, 15) is 79.2 Å². The van der Waals surface area contributed by atoms with Gasteiger partial charge < -0.3 is 40.9 Å². The molecule has 16 nitrogen and oxygen atoms in total. The summed E-state index contributed by atoms with van der Waals surface area (Å²) in [5.74, 6) is -31.8. The Balaban J connectivity index is 4.71. The van der Waals surface area contributed by atoms with Gasteiger partial charge in [-0.05, 0) is 0 Å².